The van der Waals surface area contributed by atoms with Crippen molar-refractivity contribution < 1.29 is 9.53 Å². The van der Waals surface area contributed by atoms with Gasteiger partial charge >= 0.3 is 0 Å². The molecule has 0 bridgehead atoms. The summed E-state index contributed by atoms with van der Waals surface area (Å²) in [5.41, 5.74) is 2.27. The largest absolute Gasteiger partial charge is 0.381 e. The lowest BCUT2D eigenvalue weighted by Crippen LogP contribution is -2.50. The van der Waals surface area contributed by atoms with E-state index in [2.05, 4.69) is 14.8 Å². The second-order valence-electron chi connectivity index (χ2n) is 9.57. The zero-order valence-corrected chi connectivity index (χ0v) is 21.7. The molecule has 0 unspecified atom stereocenters. The van der Waals surface area contributed by atoms with Crippen LogP contribution in [0.1, 0.15) is 5.56 Å². The van der Waals surface area contributed by atoms with E-state index in [1.807, 2.05) is 24.3 Å². The van der Waals surface area contributed by atoms with Crippen LogP contribution in [0.25, 0.3) is 10.9 Å². The maximum Gasteiger partial charge on any atom is 0.261 e. The van der Waals surface area contributed by atoms with Gasteiger partial charge in [0.2, 0.25) is 5.91 Å². The highest BCUT2D eigenvalue weighted by atomic mass is 35.5. The smallest absolute Gasteiger partial charge is 0.261 e. The Bertz CT molecular complexity index is 1320. The minimum Gasteiger partial charge on any atom is -0.381 e. The van der Waals surface area contributed by atoms with Crippen molar-refractivity contribution >= 4 is 45.7 Å². The van der Waals surface area contributed by atoms with Crippen LogP contribution in [0, 0.1) is 5.92 Å². The lowest BCUT2D eigenvalue weighted by atomic mass is 10.1. The van der Waals surface area contributed by atoms with Gasteiger partial charge in [0.1, 0.15) is 6.54 Å². The van der Waals surface area contributed by atoms with Gasteiger partial charge in [0, 0.05) is 57.9 Å². The van der Waals surface area contributed by atoms with E-state index in [0.29, 0.717) is 33.4 Å². The number of hydrogen-bond donors (Lipinski definition) is 0. The standard InChI is InChI=1S/C26H29Cl2N5O3/c1-30(12-18-2-4-22(27)23(28)10-18)25(34)14-33-17-29-24-5-3-20(11-21(24)26(33)35)32-8-6-31(7-9-32)13-19-15-36-16-19/h2-5,10-11,17,19H,6-9,12-16H2,1H3. The van der Waals surface area contributed by atoms with Crippen LogP contribution in [0.2, 0.25) is 10.0 Å². The minimum atomic E-state index is -0.221. The molecule has 0 saturated carbocycles. The van der Waals surface area contributed by atoms with Crippen molar-refractivity contribution in [2.45, 2.75) is 13.1 Å². The number of ether oxygens (including phenoxy) is 1. The van der Waals surface area contributed by atoms with Gasteiger partial charge in [-0.15, -0.1) is 0 Å². The number of carbonyl (C=O) groups is 1. The van der Waals surface area contributed by atoms with Crippen LogP contribution >= 0.6 is 23.2 Å². The number of amides is 1. The van der Waals surface area contributed by atoms with Gasteiger partial charge in [0.15, 0.2) is 0 Å². The highest BCUT2D eigenvalue weighted by Crippen LogP contribution is 2.24. The number of aromatic nitrogens is 2. The molecule has 2 saturated heterocycles. The van der Waals surface area contributed by atoms with Gasteiger partial charge in [-0.25, -0.2) is 4.98 Å². The van der Waals surface area contributed by atoms with E-state index in [0.717, 1.165) is 57.2 Å². The van der Waals surface area contributed by atoms with Gasteiger partial charge in [0.05, 0.1) is 40.5 Å². The number of rotatable bonds is 7. The van der Waals surface area contributed by atoms with Crippen molar-refractivity contribution in [1.82, 2.24) is 19.4 Å². The number of piperazine rings is 1. The number of likely N-dealkylation sites (N-methyl/N-ethyl adjacent to an activating group) is 1. The van der Waals surface area contributed by atoms with Crippen molar-refractivity contribution in [2.24, 2.45) is 5.92 Å². The number of fused-ring (bicyclic) bond motifs is 1. The zero-order valence-electron chi connectivity index (χ0n) is 20.2. The average Bonchev–Trinajstić information content (AvgIpc) is 2.85. The number of halogens is 2. The summed E-state index contributed by atoms with van der Waals surface area (Å²) in [6.45, 7) is 6.90. The molecule has 0 N–H and O–H groups in total. The van der Waals surface area contributed by atoms with Crippen LogP contribution in [0.5, 0.6) is 0 Å². The van der Waals surface area contributed by atoms with E-state index >= 15 is 0 Å². The third-order valence-electron chi connectivity index (χ3n) is 6.90. The summed E-state index contributed by atoms with van der Waals surface area (Å²) in [5.74, 6) is 0.459. The first-order valence-corrected chi connectivity index (χ1v) is 12.8. The van der Waals surface area contributed by atoms with Crippen molar-refractivity contribution in [3.63, 3.8) is 0 Å². The fourth-order valence-corrected chi connectivity index (χ4v) is 4.99. The Morgan fingerprint density at radius 3 is 2.56 bits per heavy atom. The molecule has 5 rings (SSSR count). The predicted molar refractivity (Wildman–Crippen MR) is 142 cm³/mol. The molecule has 190 valence electrons. The van der Waals surface area contributed by atoms with E-state index in [9.17, 15) is 9.59 Å². The Labute approximate surface area is 220 Å². The molecule has 2 fully saturated rings. The molecule has 0 spiro atoms. The topological polar surface area (TPSA) is 70.9 Å². The van der Waals surface area contributed by atoms with Crippen LogP contribution in [0.15, 0.2) is 47.5 Å². The molecular formula is C26H29Cl2N5O3. The predicted octanol–water partition coefficient (Wildman–Crippen LogP) is 3.13. The number of carbonyl (C=O) groups excluding carboxylic acids is 1. The molecule has 3 aromatic rings. The lowest BCUT2D eigenvalue weighted by Gasteiger charge is -2.39. The molecule has 3 heterocycles. The second-order valence-corrected chi connectivity index (χ2v) is 10.4. The molecule has 0 aliphatic carbocycles. The summed E-state index contributed by atoms with van der Waals surface area (Å²) < 4.78 is 6.67. The molecule has 8 nitrogen and oxygen atoms in total. The van der Waals surface area contributed by atoms with E-state index in [1.54, 1.807) is 24.1 Å². The summed E-state index contributed by atoms with van der Waals surface area (Å²) >= 11 is 12.1. The first-order chi connectivity index (χ1) is 17.4. The molecule has 0 radical (unpaired) electrons. The molecular weight excluding hydrogens is 501 g/mol. The summed E-state index contributed by atoms with van der Waals surface area (Å²) in [6.07, 6.45) is 1.44. The Balaban J connectivity index is 1.26. The summed E-state index contributed by atoms with van der Waals surface area (Å²) in [5, 5.41) is 1.42. The molecule has 2 aliphatic heterocycles. The van der Waals surface area contributed by atoms with Crippen LogP contribution in [0.3, 0.4) is 0 Å². The third-order valence-corrected chi connectivity index (χ3v) is 7.64. The molecule has 2 aromatic carbocycles. The summed E-state index contributed by atoms with van der Waals surface area (Å²) in [4.78, 5) is 36.9. The van der Waals surface area contributed by atoms with E-state index in [4.69, 9.17) is 27.9 Å². The molecule has 0 atom stereocenters. The Hall–Kier alpha value is -2.65. The van der Waals surface area contributed by atoms with Gasteiger partial charge in [-0.1, -0.05) is 29.3 Å². The maximum absolute atomic E-state index is 13.3. The van der Waals surface area contributed by atoms with Gasteiger partial charge in [0.25, 0.3) is 5.56 Å². The van der Waals surface area contributed by atoms with E-state index in [-0.39, 0.29) is 18.0 Å². The number of benzene rings is 2. The van der Waals surface area contributed by atoms with Gasteiger partial charge in [-0.2, -0.15) is 0 Å². The van der Waals surface area contributed by atoms with Crippen molar-refractivity contribution in [1.29, 1.82) is 0 Å². The minimum absolute atomic E-state index is 0.0899. The van der Waals surface area contributed by atoms with E-state index < -0.39 is 0 Å². The fraction of sp³-hybridized carbons (Fsp3) is 0.423. The van der Waals surface area contributed by atoms with E-state index in [1.165, 1.54) is 10.9 Å². The normalized spacial score (nSPS) is 16.8. The van der Waals surface area contributed by atoms with Crippen LogP contribution < -0.4 is 10.5 Å². The highest BCUT2D eigenvalue weighted by Gasteiger charge is 2.25. The van der Waals surface area contributed by atoms with Gasteiger partial charge in [-0.05, 0) is 35.9 Å². The Morgan fingerprint density at radius 2 is 1.86 bits per heavy atom. The molecule has 1 amide bonds. The van der Waals surface area contributed by atoms with Crippen LogP contribution in [-0.2, 0) is 22.6 Å². The summed E-state index contributed by atoms with van der Waals surface area (Å²) in [7, 11) is 1.69. The average molecular weight is 530 g/mol. The van der Waals surface area contributed by atoms with Crippen molar-refractivity contribution in [3.8, 4) is 0 Å². The third kappa shape index (κ3) is 5.52. The fourth-order valence-electron chi connectivity index (χ4n) is 4.67. The quantitative estimate of drug-likeness (QED) is 0.468. The monoisotopic (exact) mass is 529 g/mol. The van der Waals surface area contributed by atoms with Crippen molar-refractivity contribution in [3.05, 3.63) is 68.7 Å². The number of nitrogens with zero attached hydrogens (tertiary/aromatic N) is 5. The van der Waals surface area contributed by atoms with Crippen LogP contribution in [0.4, 0.5) is 5.69 Å². The molecule has 36 heavy (non-hydrogen) atoms. The number of hydrogen-bond acceptors (Lipinski definition) is 6. The Morgan fingerprint density at radius 1 is 1.08 bits per heavy atom. The summed E-state index contributed by atoms with van der Waals surface area (Å²) in [6, 6.07) is 11.1. The van der Waals surface area contributed by atoms with Gasteiger partial charge in [-0.3, -0.25) is 19.1 Å². The van der Waals surface area contributed by atoms with Crippen molar-refractivity contribution in [2.75, 3.05) is 57.9 Å². The SMILES string of the molecule is CN(Cc1ccc(Cl)c(Cl)c1)C(=O)Cn1cnc2ccc(N3CCN(CC4COC4)CC3)cc2c1=O. The Kier molecular flexibility index (Phi) is 7.48. The lowest BCUT2D eigenvalue weighted by molar-refractivity contribution is -0.131. The first-order valence-electron chi connectivity index (χ1n) is 12.1. The highest BCUT2D eigenvalue weighted by molar-refractivity contribution is 6.42. The number of anilines is 1. The second kappa shape index (κ2) is 10.8. The first kappa shape index (κ1) is 25.0. The van der Waals surface area contributed by atoms with Gasteiger partial charge < -0.3 is 14.5 Å². The molecule has 10 heteroatoms. The zero-order chi connectivity index (χ0) is 25.2. The maximum atomic E-state index is 13.3. The molecule has 2 aliphatic rings. The van der Waals surface area contributed by atoms with Crippen LogP contribution in [-0.4, -0.2) is 78.2 Å². The molecule has 1 aromatic heterocycles.